The van der Waals surface area contributed by atoms with Gasteiger partial charge in [0.15, 0.2) is 0 Å². The standard InChI is InChI=1S/C19H28FN3O2/c20-16-3-5-17(6-4-16)21-19(24)8-11-22-9-1-2-18(7-10-22)23-12-14-25-15-13-23/h3-6,18H,1-2,7-15H2,(H,21,24)/t18-/m0/s1. The monoisotopic (exact) mass is 349 g/mol. The lowest BCUT2D eigenvalue weighted by Crippen LogP contribution is -2.43. The van der Waals surface area contributed by atoms with Crippen LogP contribution in [0.4, 0.5) is 10.1 Å². The van der Waals surface area contributed by atoms with E-state index in [2.05, 4.69) is 15.1 Å². The van der Waals surface area contributed by atoms with Crippen LogP contribution in [0.15, 0.2) is 24.3 Å². The smallest absolute Gasteiger partial charge is 0.225 e. The van der Waals surface area contributed by atoms with Gasteiger partial charge in [-0.1, -0.05) is 0 Å². The molecule has 0 spiro atoms. The molecule has 6 heteroatoms. The Morgan fingerprint density at radius 1 is 1.12 bits per heavy atom. The summed E-state index contributed by atoms with van der Waals surface area (Å²) in [7, 11) is 0. The van der Waals surface area contributed by atoms with Crippen LogP contribution in [0, 0.1) is 5.82 Å². The van der Waals surface area contributed by atoms with Crippen molar-refractivity contribution in [3.8, 4) is 0 Å². The molecule has 2 aliphatic rings. The highest BCUT2D eigenvalue weighted by Gasteiger charge is 2.24. The third kappa shape index (κ3) is 5.76. The topological polar surface area (TPSA) is 44.8 Å². The number of ether oxygens (including phenoxy) is 1. The summed E-state index contributed by atoms with van der Waals surface area (Å²) in [5.41, 5.74) is 0.648. The maximum absolute atomic E-state index is 12.9. The molecule has 25 heavy (non-hydrogen) atoms. The van der Waals surface area contributed by atoms with E-state index in [-0.39, 0.29) is 11.7 Å². The van der Waals surface area contributed by atoms with E-state index in [1.165, 1.54) is 31.4 Å². The van der Waals surface area contributed by atoms with Gasteiger partial charge in [0.1, 0.15) is 5.82 Å². The molecule has 1 aromatic rings. The highest BCUT2D eigenvalue weighted by Crippen LogP contribution is 2.18. The van der Waals surface area contributed by atoms with Crippen LogP contribution in [0.5, 0.6) is 0 Å². The van der Waals surface area contributed by atoms with Crippen molar-refractivity contribution >= 4 is 11.6 Å². The van der Waals surface area contributed by atoms with E-state index in [1.807, 2.05) is 0 Å². The quantitative estimate of drug-likeness (QED) is 0.886. The Morgan fingerprint density at radius 3 is 2.64 bits per heavy atom. The molecule has 1 N–H and O–H groups in total. The minimum absolute atomic E-state index is 0.0133. The summed E-state index contributed by atoms with van der Waals surface area (Å²) in [6, 6.07) is 6.55. The molecule has 0 radical (unpaired) electrons. The Bertz CT molecular complexity index is 546. The first-order valence-electron chi connectivity index (χ1n) is 9.30. The van der Waals surface area contributed by atoms with Gasteiger partial charge in [0.25, 0.3) is 0 Å². The van der Waals surface area contributed by atoms with E-state index in [1.54, 1.807) is 12.1 Å². The van der Waals surface area contributed by atoms with Gasteiger partial charge < -0.3 is 15.0 Å². The number of amides is 1. The number of nitrogens with zero attached hydrogens (tertiary/aromatic N) is 2. The molecular weight excluding hydrogens is 321 g/mol. The minimum Gasteiger partial charge on any atom is -0.379 e. The van der Waals surface area contributed by atoms with Gasteiger partial charge in [-0.25, -0.2) is 4.39 Å². The Kier molecular flexibility index (Phi) is 6.78. The van der Waals surface area contributed by atoms with E-state index in [9.17, 15) is 9.18 Å². The minimum atomic E-state index is -0.294. The fourth-order valence-corrected chi connectivity index (χ4v) is 3.69. The number of halogens is 1. The van der Waals surface area contributed by atoms with Gasteiger partial charge in [-0.15, -0.1) is 0 Å². The summed E-state index contributed by atoms with van der Waals surface area (Å²) in [4.78, 5) is 17.0. The molecule has 0 bridgehead atoms. The van der Waals surface area contributed by atoms with Crippen molar-refractivity contribution in [3.63, 3.8) is 0 Å². The zero-order valence-corrected chi connectivity index (χ0v) is 14.8. The van der Waals surface area contributed by atoms with Crippen LogP contribution in [-0.2, 0) is 9.53 Å². The van der Waals surface area contributed by atoms with Crippen LogP contribution in [0.1, 0.15) is 25.7 Å². The van der Waals surface area contributed by atoms with E-state index in [0.29, 0.717) is 18.2 Å². The Balaban J connectivity index is 1.39. The van der Waals surface area contributed by atoms with Crippen LogP contribution >= 0.6 is 0 Å². The van der Waals surface area contributed by atoms with Crippen molar-refractivity contribution in [2.45, 2.75) is 31.7 Å². The van der Waals surface area contributed by atoms with Gasteiger partial charge in [-0.05, 0) is 56.6 Å². The molecule has 3 rings (SSSR count). The Morgan fingerprint density at radius 2 is 1.88 bits per heavy atom. The zero-order chi connectivity index (χ0) is 17.5. The van der Waals surface area contributed by atoms with Crippen molar-refractivity contribution in [1.82, 2.24) is 9.80 Å². The zero-order valence-electron chi connectivity index (χ0n) is 14.8. The van der Waals surface area contributed by atoms with Crippen molar-refractivity contribution in [2.75, 3.05) is 51.3 Å². The molecular formula is C19H28FN3O2. The van der Waals surface area contributed by atoms with Gasteiger partial charge in [0, 0.05) is 37.8 Å². The molecule has 5 nitrogen and oxygen atoms in total. The van der Waals surface area contributed by atoms with Crippen molar-refractivity contribution in [1.29, 1.82) is 0 Å². The summed E-state index contributed by atoms with van der Waals surface area (Å²) < 4.78 is 18.3. The van der Waals surface area contributed by atoms with Crippen LogP contribution in [-0.4, -0.2) is 67.7 Å². The van der Waals surface area contributed by atoms with Crippen molar-refractivity contribution < 1.29 is 13.9 Å². The normalized spacial score (nSPS) is 23.2. The second kappa shape index (κ2) is 9.27. The molecule has 0 saturated carbocycles. The number of carbonyl (C=O) groups excluding carboxylic acids is 1. The average molecular weight is 349 g/mol. The first kappa shape index (κ1) is 18.3. The lowest BCUT2D eigenvalue weighted by atomic mass is 10.1. The maximum Gasteiger partial charge on any atom is 0.225 e. The number of carbonyl (C=O) groups is 1. The predicted octanol–water partition coefficient (Wildman–Crippen LogP) is 2.34. The number of rotatable bonds is 5. The molecule has 2 fully saturated rings. The van der Waals surface area contributed by atoms with Crippen LogP contribution in [0.25, 0.3) is 0 Å². The predicted molar refractivity (Wildman–Crippen MR) is 96.1 cm³/mol. The fourth-order valence-electron chi connectivity index (χ4n) is 3.69. The first-order chi connectivity index (χ1) is 12.2. The second-order valence-electron chi connectivity index (χ2n) is 6.88. The van der Waals surface area contributed by atoms with Crippen LogP contribution in [0.3, 0.4) is 0 Å². The van der Waals surface area contributed by atoms with E-state index in [0.717, 1.165) is 45.9 Å². The van der Waals surface area contributed by atoms with Crippen LogP contribution < -0.4 is 5.32 Å². The largest absolute Gasteiger partial charge is 0.379 e. The van der Waals surface area contributed by atoms with Crippen LogP contribution in [0.2, 0.25) is 0 Å². The number of hydrogen-bond acceptors (Lipinski definition) is 4. The van der Waals surface area contributed by atoms with Gasteiger partial charge >= 0.3 is 0 Å². The number of morpholine rings is 1. The molecule has 2 heterocycles. The van der Waals surface area contributed by atoms with Gasteiger partial charge in [0.05, 0.1) is 13.2 Å². The third-order valence-corrected chi connectivity index (χ3v) is 5.14. The van der Waals surface area contributed by atoms with Gasteiger partial charge in [-0.2, -0.15) is 0 Å². The Hall–Kier alpha value is -1.50. The third-order valence-electron chi connectivity index (χ3n) is 5.14. The van der Waals surface area contributed by atoms with Crippen molar-refractivity contribution in [3.05, 3.63) is 30.1 Å². The maximum atomic E-state index is 12.9. The molecule has 138 valence electrons. The summed E-state index contributed by atoms with van der Waals surface area (Å²) in [6.07, 6.45) is 4.05. The molecule has 0 aliphatic carbocycles. The lowest BCUT2D eigenvalue weighted by Gasteiger charge is -2.34. The molecule has 1 amide bonds. The lowest BCUT2D eigenvalue weighted by molar-refractivity contribution is -0.116. The number of likely N-dealkylation sites (tertiary alicyclic amines) is 1. The fraction of sp³-hybridized carbons (Fsp3) is 0.632. The number of benzene rings is 1. The Labute approximate surface area is 149 Å². The first-order valence-corrected chi connectivity index (χ1v) is 9.30. The molecule has 2 aliphatic heterocycles. The van der Waals surface area contributed by atoms with Gasteiger partial charge in [-0.3, -0.25) is 9.69 Å². The average Bonchev–Trinajstić information content (AvgIpc) is 2.88. The van der Waals surface area contributed by atoms with E-state index < -0.39 is 0 Å². The molecule has 1 aromatic carbocycles. The molecule has 1 atom stereocenters. The number of nitrogens with one attached hydrogen (secondary N) is 1. The van der Waals surface area contributed by atoms with E-state index >= 15 is 0 Å². The summed E-state index contributed by atoms with van der Waals surface area (Å²) in [5.74, 6) is -0.307. The summed E-state index contributed by atoms with van der Waals surface area (Å²) >= 11 is 0. The highest BCUT2D eigenvalue weighted by atomic mass is 19.1. The number of hydrogen-bond donors (Lipinski definition) is 1. The van der Waals surface area contributed by atoms with Gasteiger partial charge in [0.2, 0.25) is 5.91 Å². The van der Waals surface area contributed by atoms with E-state index in [4.69, 9.17) is 4.74 Å². The summed E-state index contributed by atoms with van der Waals surface area (Å²) in [6.45, 7) is 6.68. The second-order valence-corrected chi connectivity index (χ2v) is 6.88. The van der Waals surface area contributed by atoms with Crippen molar-refractivity contribution in [2.24, 2.45) is 0 Å². The molecule has 2 saturated heterocycles. The molecule has 0 aromatic heterocycles. The molecule has 0 unspecified atom stereocenters. The highest BCUT2D eigenvalue weighted by molar-refractivity contribution is 5.90. The number of anilines is 1. The SMILES string of the molecule is O=C(CCN1CCC[C@H](N2CCOCC2)CC1)Nc1ccc(F)cc1. The summed E-state index contributed by atoms with van der Waals surface area (Å²) in [5, 5.41) is 2.83.